The van der Waals surface area contributed by atoms with E-state index in [0.29, 0.717) is 4.34 Å². The van der Waals surface area contributed by atoms with Crippen LogP contribution in [-0.2, 0) is 13.0 Å². The number of hydrogen-bond donors (Lipinski definition) is 1. The molecule has 0 saturated carbocycles. The van der Waals surface area contributed by atoms with Crippen LogP contribution in [0.4, 0.5) is 0 Å². The number of nitrogens with one attached hydrogen (secondary N) is 1. The number of halogens is 2. The Kier molecular flexibility index (Phi) is 4.98. The van der Waals surface area contributed by atoms with Gasteiger partial charge in [-0.1, -0.05) is 53.5 Å². The summed E-state index contributed by atoms with van der Waals surface area (Å²) in [5.41, 5.74) is 3.63. The van der Waals surface area contributed by atoms with Gasteiger partial charge >= 0.3 is 0 Å². The molecule has 26 heavy (non-hydrogen) atoms. The van der Waals surface area contributed by atoms with E-state index in [9.17, 15) is 4.79 Å². The Morgan fingerprint density at radius 1 is 1.31 bits per heavy atom. The lowest BCUT2D eigenvalue weighted by atomic mass is 9.92. The molecule has 8 heteroatoms. The van der Waals surface area contributed by atoms with E-state index in [4.69, 9.17) is 23.2 Å². The number of benzene rings is 1. The summed E-state index contributed by atoms with van der Waals surface area (Å²) in [4.78, 5) is 12.5. The number of amides is 1. The first kappa shape index (κ1) is 17.5. The van der Waals surface area contributed by atoms with Crippen LogP contribution in [0.15, 0.2) is 36.5 Å². The predicted octanol–water partition coefficient (Wildman–Crippen LogP) is 4.50. The van der Waals surface area contributed by atoms with Gasteiger partial charge in [0, 0.05) is 11.3 Å². The molecule has 1 atom stereocenters. The van der Waals surface area contributed by atoms with Crippen LogP contribution in [0.1, 0.15) is 46.2 Å². The van der Waals surface area contributed by atoms with E-state index in [-0.39, 0.29) is 22.7 Å². The van der Waals surface area contributed by atoms with E-state index in [1.54, 1.807) is 0 Å². The highest BCUT2D eigenvalue weighted by atomic mass is 35.5. The molecule has 1 amide bonds. The van der Waals surface area contributed by atoms with Crippen molar-refractivity contribution in [1.82, 2.24) is 19.5 Å². The van der Waals surface area contributed by atoms with Gasteiger partial charge in [0.25, 0.3) is 5.91 Å². The molecule has 1 aliphatic rings. The molecule has 4 rings (SSSR count). The van der Waals surface area contributed by atoms with Crippen molar-refractivity contribution < 1.29 is 4.79 Å². The zero-order valence-corrected chi connectivity index (χ0v) is 16.1. The van der Waals surface area contributed by atoms with Gasteiger partial charge in [-0.05, 0) is 36.4 Å². The van der Waals surface area contributed by atoms with E-state index in [1.807, 2.05) is 29.1 Å². The zero-order valence-electron chi connectivity index (χ0n) is 13.8. The minimum absolute atomic E-state index is 0.0904. The van der Waals surface area contributed by atoms with Gasteiger partial charge in [0.2, 0.25) is 0 Å². The second-order valence-corrected chi connectivity index (χ2v) is 7.98. The molecule has 1 aromatic carbocycles. The molecule has 3 aromatic rings. The van der Waals surface area contributed by atoms with Crippen molar-refractivity contribution in [3.63, 3.8) is 0 Å². The smallest absolute Gasteiger partial charge is 0.273 e. The minimum Gasteiger partial charge on any atom is -0.344 e. The number of fused-ring (bicyclic) bond motifs is 1. The summed E-state index contributed by atoms with van der Waals surface area (Å²) in [5.74, 6) is -0.299. The van der Waals surface area contributed by atoms with Gasteiger partial charge < -0.3 is 5.32 Å². The predicted molar refractivity (Wildman–Crippen MR) is 103 cm³/mol. The van der Waals surface area contributed by atoms with Gasteiger partial charge in [0.05, 0.1) is 18.8 Å². The molecular formula is C18H16Cl2N4OS. The lowest BCUT2D eigenvalue weighted by molar-refractivity contribution is 0.0929. The number of rotatable bonds is 4. The molecule has 0 aliphatic heterocycles. The summed E-state index contributed by atoms with van der Waals surface area (Å²) in [5, 5.41) is 7.79. The highest BCUT2D eigenvalue weighted by Gasteiger charge is 2.27. The van der Waals surface area contributed by atoms with Crippen LogP contribution in [0, 0.1) is 0 Å². The Balaban J connectivity index is 1.54. The Bertz CT molecular complexity index is 938. The average molecular weight is 407 g/mol. The molecule has 0 fully saturated rings. The van der Waals surface area contributed by atoms with Crippen molar-refractivity contribution in [2.75, 3.05) is 0 Å². The summed E-state index contributed by atoms with van der Waals surface area (Å²) in [6.45, 7) is 0.727. The third kappa shape index (κ3) is 3.37. The van der Waals surface area contributed by atoms with E-state index in [0.717, 1.165) is 42.9 Å². The molecule has 2 heterocycles. The van der Waals surface area contributed by atoms with Crippen LogP contribution in [0.3, 0.4) is 0 Å². The van der Waals surface area contributed by atoms with Crippen LogP contribution < -0.4 is 5.32 Å². The summed E-state index contributed by atoms with van der Waals surface area (Å²) < 4.78 is 6.40. The maximum absolute atomic E-state index is 12.5. The summed E-state index contributed by atoms with van der Waals surface area (Å²) in [6.07, 6.45) is 4.67. The third-order valence-corrected chi connectivity index (χ3v) is 6.17. The SMILES string of the molecule is O=C(N[C@H]1CCCc2c1cnn2Cc1ccccc1)c1nsc(Cl)c1Cl. The molecule has 0 unspecified atom stereocenters. The van der Waals surface area contributed by atoms with Gasteiger partial charge in [-0.15, -0.1) is 0 Å². The largest absolute Gasteiger partial charge is 0.344 e. The Morgan fingerprint density at radius 2 is 2.12 bits per heavy atom. The quantitative estimate of drug-likeness (QED) is 0.693. The fraction of sp³-hybridized carbons (Fsp3) is 0.278. The van der Waals surface area contributed by atoms with Gasteiger partial charge in [-0.25, -0.2) is 0 Å². The number of nitrogens with zero attached hydrogens (tertiary/aromatic N) is 3. The van der Waals surface area contributed by atoms with Crippen molar-refractivity contribution >= 4 is 40.6 Å². The Morgan fingerprint density at radius 3 is 2.85 bits per heavy atom. The van der Waals surface area contributed by atoms with E-state index in [2.05, 4.69) is 26.9 Å². The molecule has 0 saturated heterocycles. The number of hydrogen-bond acceptors (Lipinski definition) is 4. The number of carbonyl (C=O) groups is 1. The first-order valence-corrected chi connectivity index (χ1v) is 9.86. The van der Waals surface area contributed by atoms with Crippen LogP contribution in [-0.4, -0.2) is 20.1 Å². The maximum Gasteiger partial charge on any atom is 0.273 e. The highest BCUT2D eigenvalue weighted by molar-refractivity contribution is 7.11. The molecule has 0 spiro atoms. The Labute approximate surface area is 165 Å². The molecular weight excluding hydrogens is 391 g/mol. The van der Waals surface area contributed by atoms with Gasteiger partial charge in [0.15, 0.2) is 5.69 Å². The summed E-state index contributed by atoms with van der Waals surface area (Å²) >= 11 is 13.0. The third-order valence-electron chi connectivity index (χ3n) is 4.56. The monoisotopic (exact) mass is 406 g/mol. The van der Waals surface area contributed by atoms with Crippen molar-refractivity contribution in [3.8, 4) is 0 Å². The molecule has 0 bridgehead atoms. The van der Waals surface area contributed by atoms with Gasteiger partial charge in [-0.3, -0.25) is 9.48 Å². The molecule has 1 N–H and O–H groups in total. The van der Waals surface area contributed by atoms with E-state index >= 15 is 0 Å². The standard InChI is InChI=1S/C18H16Cl2N4OS/c19-15-16(23-26-17(15)20)18(25)22-13-7-4-8-14-12(13)9-21-24(14)10-11-5-2-1-3-6-11/h1-3,5-6,9,13H,4,7-8,10H2,(H,22,25)/t13-/m0/s1. The van der Waals surface area contributed by atoms with Crippen molar-refractivity contribution in [2.45, 2.75) is 31.8 Å². The lowest BCUT2D eigenvalue weighted by Gasteiger charge is -2.24. The van der Waals surface area contributed by atoms with Crippen LogP contribution >= 0.6 is 34.7 Å². The number of aromatic nitrogens is 3. The van der Waals surface area contributed by atoms with Gasteiger partial charge in [-0.2, -0.15) is 9.47 Å². The van der Waals surface area contributed by atoms with Crippen LogP contribution in [0.5, 0.6) is 0 Å². The normalized spacial score (nSPS) is 16.3. The van der Waals surface area contributed by atoms with Crippen molar-refractivity contribution in [2.24, 2.45) is 0 Å². The average Bonchev–Trinajstić information content (AvgIpc) is 3.21. The fourth-order valence-corrected chi connectivity index (χ4v) is 4.29. The second-order valence-electron chi connectivity index (χ2n) is 6.23. The van der Waals surface area contributed by atoms with E-state index in [1.165, 1.54) is 11.3 Å². The molecule has 5 nitrogen and oxygen atoms in total. The lowest BCUT2D eigenvalue weighted by Crippen LogP contribution is -2.31. The minimum atomic E-state index is -0.299. The topological polar surface area (TPSA) is 59.8 Å². The number of carbonyl (C=O) groups excluding carboxylic acids is 1. The molecule has 1 aliphatic carbocycles. The molecule has 134 valence electrons. The summed E-state index contributed by atoms with van der Waals surface area (Å²) in [7, 11) is 0. The highest BCUT2D eigenvalue weighted by Crippen LogP contribution is 2.32. The van der Waals surface area contributed by atoms with Crippen molar-refractivity contribution in [3.05, 3.63) is 68.4 Å². The van der Waals surface area contributed by atoms with Crippen LogP contribution in [0.2, 0.25) is 9.36 Å². The first-order valence-electron chi connectivity index (χ1n) is 8.33. The second kappa shape index (κ2) is 7.39. The molecule has 2 aromatic heterocycles. The Hall–Kier alpha value is -1.89. The molecule has 0 radical (unpaired) electrons. The van der Waals surface area contributed by atoms with Crippen LogP contribution in [0.25, 0.3) is 0 Å². The zero-order chi connectivity index (χ0) is 18.1. The maximum atomic E-state index is 12.5. The fourth-order valence-electron chi connectivity index (χ4n) is 3.29. The van der Waals surface area contributed by atoms with Gasteiger partial charge in [0.1, 0.15) is 9.36 Å². The van der Waals surface area contributed by atoms with Crippen molar-refractivity contribution in [1.29, 1.82) is 0 Å². The first-order chi connectivity index (χ1) is 12.6. The summed E-state index contributed by atoms with van der Waals surface area (Å²) in [6, 6.07) is 10.1. The van der Waals surface area contributed by atoms with E-state index < -0.39 is 0 Å².